The molecule has 5 heteroatoms. The van der Waals surface area contributed by atoms with Crippen LogP contribution in [0.2, 0.25) is 0 Å². The summed E-state index contributed by atoms with van der Waals surface area (Å²) < 4.78 is 13.4. The van der Waals surface area contributed by atoms with Crippen molar-refractivity contribution >= 4 is 17.7 Å². The molecule has 1 heterocycles. The number of hydrogen-bond donors (Lipinski definition) is 2. The number of nitrogens with two attached hydrogens (primary N) is 1. The van der Waals surface area contributed by atoms with E-state index >= 15 is 0 Å². The second-order valence-electron chi connectivity index (χ2n) is 6.22. The van der Waals surface area contributed by atoms with Gasteiger partial charge < -0.3 is 11.1 Å². The highest BCUT2D eigenvalue weighted by atomic mass is 32.2. The molecule has 0 saturated carbocycles. The second kappa shape index (κ2) is 5.74. The first-order chi connectivity index (χ1) is 9.29. The highest BCUT2D eigenvalue weighted by Crippen LogP contribution is 2.36. The fourth-order valence-corrected chi connectivity index (χ4v) is 3.28. The first kappa shape index (κ1) is 15.3. The van der Waals surface area contributed by atoms with Crippen molar-refractivity contribution in [3.8, 4) is 0 Å². The minimum Gasteiger partial charge on any atom is -0.348 e. The molecule has 1 aliphatic heterocycles. The summed E-state index contributed by atoms with van der Waals surface area (Å²) in [5.74, 6) is 0.462. The van der Waals surface area contributed by atoms with Crippen molar-refractivity contribution in [1.82, 2.24) is 5.32 Å². The lowest BCUT2D eigenvalue weighted by Crippen LogP contribution is -2.49. The lowest BCUT2D eigenvalue weighted by molar-refractivity contribution is -0.125. The fourth-order valence-electron chi connectivity index (χ4n) is 2.17. The van der Waals surface area contributed by atoms with Crippen LogP contribution in [0, 0.1) is 11.2 Å². The van der Waals surface area contributed by atoms with Crippen LogP contribution < -0.4 is 11.1 Å². The predicted molar refractivity (Wildman–Crippen MR) is 80.1 cm³/mol. The van der Waals surface area contributed by atoms with E-state index in [1.54, 1.807) is 17.8 Å². The zero-order valence-corrected chi connectivity index (χ0v) is 12.9. The zero-order valence-electron chi connectivity index (χ0n) is 12.1. The van der Waals surface area contributed by atoms with E-state index in [2.05, 4.69) is 5.32 Å². The number of benzene rings is 1. The standard InChI is InChI=1S/C15H21FN2OS/c1-15(2,3)13(17)14(19)18-11-6-7-20-12-5-4-9(16)8-10(11)12/h4-5,8,11,13H,6-7,17H2,1-3H3,(H,18,19). The smallest absolute Gasteiger partial charge is 0.237 e. The molecule has 1 amide bonds. The third kappa shape index (κ3) is 3.33. The largest absolute Gasteiger partial charge is 0.348 e. The van der Waals surface area contributed by atoms with Gasteiger partial charge in [-0.3, -0.25) is 4.79 Å². The molecule has 2 atom stereocenters. The fraction of sp³-hybridized carbons (Fsp3) is 0.533. The van der Waals surface area contributed by atoms with Crippen molar-refractivity contribution in [2.24, 2.45) is 11.1 Å². The highest BCUT2D eigenvalue weighted by molar-refractivity contribution is 7.99. The molecule has 2 unspecified atom stereocenters. The monoisotopic (exact) mass is 296 g/mol. The van der Waals surface area contributed by atoms with Crippen molar-refractivity contribution in [3.05, 3.63) is 29.6 Å². The van der Waals surface area contributed by atoms with E-state index in [1.807, 2.05) is 20.8 Å². The number of fused-ring (bicyclic) bond motifs is 1. The van der Waals surface area contributed by atoms with Gasteiger partial charge in [-0.05, 0) is 35.6 Å². The molecule has 1 aromatic carbocycles. The van der Waals surface area contributed by atoms with E-state index in [1.165, 1.54) is 12.1 Å². The molecule has 1 aliphatic rings. The summed E-state index contributed by atoms with van der Waals surface area (Å²) in [7, 11) is 0. The number of hydrogen-bond acceptors (Lipinski definition) is 3. The molecule has 3 nitrogen and oxygen atoms in total. The van der Waals surface area contributed by atoms with Gasteiger partial charge in [0.2, 0.25) is 5.91 Å². The molecule has 20 heavy (non-hydrogen) atoms. The number of amides is 1. The Bertz CT molecular complexity index is 513. The maximum Gasteiger partial charge on any atom is 0.237 e. The average molecular weight is 296 g/mol. The zero-order chi connectivity index (χ0) is 14.9. The summed E-state index contributed by atoms with van der Waals surface area (Å²) in [6.45, 7) is 5.80. The number of carbonyl (C=O) groups is 1. The Kier molecular flexibility index (Phi) is 4.39. The summed E-state index contributed by atoms with van der Waals surface area (Å²) in [6, 6.07) is 4.01. The Morgan fingerprint density at radius 3 is 2.85 bits per heavy atom. The maximum atomic E-state index is 13.4. The molecule has 0 fully saturated rings. The van der Waals surface area contributed by atoms with Gasteiger partial charge >= 0.3 is 0 Å². The van der Waals surface area contributed by atoms with Gasteiger partial charge in [0.15, 0.2) is 0 Å². The lowest BCUT2D eigenvalue weighted by atomic mass is 9.86. The van der Waals surface area contributed by atoms with Crippen LogP contribution in [0.3, 0.4) is 0 Å². The van der Waals surface area contributed by atoms with E-state index < -0.39 is 6.04 Å². The SMILES string of the molecule is CC(C)(C)C(N)C(=O)NC1CCSc2ccc(F)cc21. The molecule has 0 aromatic heterocycles. The van der Waals surface area contributed by atoms with Gasteiger partial charge in [-0.15, -0.1) is 11.8 Å². The molecular formula is C15H21FN2OS. The van der Waals surface area contributed by atoms with Gasteiger partial charge in [-0.2, -0.15) is 0 Å². The van der Waals surface area contributed by atoms with Crippen molar-refractivity contribution in [3.63, 3.8) is 0 Å². The normalized spacial score (nSPS) is 20.1. The summed E-state index contributed by atoms with van der Waals surface area (Å²) in [5, 5.41) is 2.96. The van der Waals surface area contributed by atoms with Crippen molar-refractivity contribution in [1.29, 1.82) is 0 Å². The first-order valence-electron chi connectivity index (χ1n) is 6.77. The van der Waals surface area contributed by atoms with E-state index in [4.69, 9.17) is 5.73 Å². The molecule has 0 saturated heterocycles. The van der Waals surface area contributed by atoms with Crippen LogP contribution >= 0.6 is 11.8 Å². The van der Waals surface area contributed by atoms with E-state index in [9.17, 15) is 9.18 Å². The van der Waals surface area contributed by atoms with Crippen LogP contribution in [0.4, 0.5) is 4.39 Å². The van der Waals surface area contributed by atoms with E-state index in [-0.39, 0.29) is 23.2 Å². The summed E-state index contributed by atoms with van der Waals surface area (Å²) >= 11 is 1.69. The summed E-state index contributed by atoms with van der Waals surface area (Å²) in [4.78, 5) is 13.3. The second-order valence-corrected chi connectivity index (χ2v) is 7.36. The molecule has 3 N–H and O–H groups in total. The predicted octanol–water partition coefficient (Wildman–Crippen LogP) is 2.85. The van der Waals surface area contributed by atoms with Gasteiger partial charge in [0, 0.05) is 10.6 Å². The Labute approximate surface area is 123 Å². The Morgan fingerprint density at radius 1 is 1.50 bits per heavy atom. The Hall–Kier alpha value is -1.07. The van der Waals surface area contributed by atoms with Crippen LogP contribution in [0.1, 0.15) is 38.8 Å². The molecule has 0 radical (unpaired) electrons. The number of rotatable bonds is 2. The number of carbonyl (C=O) groups excluding carboxylic acids is 1. The molecule has 0 spiro atoms. The average Bonchev–Trinajstić information content (AvgIpc) is 2.37. The number of nitrogens with one attached hydrogen (secondary N) is 1. The topological polar surface area (TPSA) is 55.1 Å². The molecule has 2 rings (SSSR count). The van der Waals surface area contributed by atoms with Gasteiger partial charge in [-0.25, -0.2) is 4.39 Å². The Balaban J connectivity index is 2.16. The minimum absolute atomic E-state index is 0.150. The maximum absolute atomic E-state index is 13.4. The van der Waals surface area contributed by atoms with E-state index in [0.717, 1.165) is 22.6 Å². The molecular weight excluding hydrogens is 275 g/mol. The van der Waals surface area contributed by atoms with Gasteiger partial charge in [0.1, 0.15) is 5.82 Å². The van der Waals surface area contributed by atoms with Crippen LogP contribution in [0.25, 0.3) is 0 Å². The first-order valence-corrected chi connectivity index (χ1v) is 7.76. The third-order valence-electron chi connectivity index (χ3n) is 3.54. The quantitative estimate of drug-likeness (QED) is 0.882. The minimum atomic E-state index is -0.575. The van der Waals surface area contributed by atoms with Crippen LogP contribution in [-0.2, 0) is 4.79 Å². The van der Waals surface area contributed by atoms with Crippen LogP contribution in [0.15, 0.2) is 23.1 Å². The Morgan fingerprint density at radius 2 is 2.20 bits per heavy atom. The molecule has 110 valence electrons. The number of halogens is 1. The van der Waals surface area contributed by atoms with Crippen LogP contribution in [-0.4, -0.2) is 17.7 Å². The highest BCUT2D eigenvalue weighted by Gasteiger charge is 2.30. The summed E-state index contributed by atoms with van der Waals surface area (Å²) in [6.07, 6.45) is 0.795. The molecule has 0 aliphatic carbocycles. The van der Waals surface area contributed by atoms with E-state index in [0.29, 0.717) is 0 Å². The number of thioether (sulfide) groups is 1. The van der Waals surface area contributed by atoms with Gasteiger partial charge in [-0.1, -0.05) is 20.8 Å². The van der Waals surface area contributed by atoms with Gasteiger partial charge in [0.05, 0.1) is 12.1 Å². The van der Waals surface area contributed by atoms with Crippen molar-refractivity contribution in [2.45, 2.75) is 44.2 Å². The van der Waals surface area contributed by atoms with Gasteiger partial charge in [0.25, 0.3) is 0 Å². The van der Waals surface area contributed by atoms with Crippen molar-refractivity contribution in [2.75, 3.05) is 5.75 Å². The van der Waals surface area contributed by atoms with Crippen LogP contribution in [0.5, 0.6) is 0 Å². The van der Waals surface area contributed by atoms with Crippen molar-refractivity contribution < 1.29 is 9.18 Å². The molecule has 0 bridgehead atoms. The molecule has 1 aromatic rings. The summed E-state index contributed by atoms with van der Waals surface area (Å²) in [5.41, 5.74) is 6.53. The third-order valence-corrected chi connectivity index (χ3v) is 4.67. The lowest BCUT2D eigenvalue weighted by Gasteiger charge is -2.30.